The Balaban J connectivity index is 1.85. The highest BCUT2D eigenvalue weighted by Crippen LogP contribution is 2.27. The van der Waals surface area contributed by atoms with Gasteiger partial charge in [-0.2, -0.15) is 5.10 Å². The maximum absolute atomic E-state index is 9.25. The van der Waals surface area contributed by atoms with E-state index >= 15 is 0 Å². The lowest BCUT2D eigenvalue weighted by molar-refractivity contribution is 0.205. The van der Waals surface area contributed by atoms with Crippen molar-refractivity contribution < 1.29 is 5.11 Å². The van der Waals surface area contributed by atoms with E-state index in [1.54, 1.807) is 0 Å². The first-order valence-electron chi connectivity index (χ1n) is 7.69. The van der Waals surface area contributed by atoms with Crippen LogP contribution in [0, 0.1) is 5.92 Å². The molecular formula is C15H27N3O. The molecule has 0 aliphatic heterocycles. The molecule has 2 N–H and O–H groups in total. The van der Waals surface area contributed by atoms with Crippen molar-refractivity contribution in [2.75, 3.05) is 6.61 Å². The first kappa shape index (κ1) is 14.5. The maximum atomic E-state index is 9.25. The first-order valence-corrected chi connectivity index (χ1v) is 7.69. The molecular weight excluding hydrogens is 238 g/mol. The molecule has 0 radical (unpaired) electrons. The number of aliphatic hydroxyl groups excluding tert-OH is 1. The second-order valence-electron chi connectivity index (χ2n) is 5.60. The van der Waals surface area contributed by atoms with Crippen molar-refractivity contribution in [1.29, 1.82) is 0 Å². The van der Waals surface area contributed by atoms with Crippen LogP contribution in [0.4, 0.5) is 0 Å². The van der Waals surface area contributed by atoms with Gasteiger partial charge in [0, 0.05) is 37.5 Å². The molecule has 1 aliphatic rings. The zero-order valence-electron chi connectivity index (χ0n) is 12.0. The topological polar surface area (TPSA) is 50.1 Å². The highest BCUT2D eigenvalue weighted by atomic mass is 16.3. The zero-order valence-corrected chi connectivity index (χ0v) is 12.0. The van der Waals surface area contributed by atoms with E-state index in [0.29, 0.717) is 6.04 Å². The molecule has 1 saturated carbocycles. The Bertz CT molecular complexity index is 358. The summed E-state index contributed by atoms with van der Waals surface area (Å²) in [7, 11) is 0. The molecule has 1 aliphatic carbocycles. The van der Waals surface area contributed by atoms with E-state index in [1.807, 2.05) is 10.9 Å². The normalized spacial score (nSPS) is 18.6. The molecule has 0 spiro atoms. The molecule has 0 aromatic carbocycles. The molecule has 0 amide bonds. The number of hydrogen-bond donors (Lipinski definition) is 2. The van der Waals surface area contributed by atoms with Gasteiger partial charge in [-0.05, 0) is 32.1 Å². The summed E-state index contributed by atoms with van der Waals surface area (Å²) in [6.07, 6.45) is 11.6. The first-order chi connectivity index (χ1) is 9.33. The zero-order chi connectivity index (χ0) is 13.5. The summed E-state index contributed by atoms with van der Waals surface area (Å²) in [4.78, 5) is 0. The van der Waals surface area contributed by atoms with Crippen molar-refractivity contribution in [3.8, 4) is 0 Å². The Morgan fingerprint density at radius 1 is 1.42 bits per heavy atom. The fourth-order valence-electron chi connectivity index (χ4n) is 3.10. The summed E-state index contributed by atoms with van der Waals surface area (Å²) in [6.45, 7) is 4.16. The van der Waals surface area contributed by atoms with E-state index in [9.17, 15) is 5.11 Å². The second-order valence-corrected chi connectivity index (χ2v) is 5.60. The van der Waals surface area contributed by atoms with Crippen LogP contribution in [0.2, 0.25) is 0 Å². The summed E-state index contributed by atoms with van der Waals surface area (Å²) in [6, 6.07) is 0.454. The van der Waals surface area contributed by atoms with Crippen LogP contribution in [0.15, 0.2) is 12.4 Å². The maximum Gasteiger partial charge on any atom is 0.0534 e. The predicted molar refractivity (Wildman–Crippen MR) is 76.8 cm³/mol. The number of nitrogens with one attached hydrogen (secondary N) is 1. The summed E-state index contributed by atoms with van der Waals surface area (Å²) >= 11 is 0. The average Bonchev–Trinajstić information content (AvgIpc) is 2.92. The van der Waals surface area contributed by atoms with Crippen LogP contribution in [-0.4, -0.2) is 27.5 Å². The molecule has 2 rings (SSSR count). The molecule has 1 unspecified atom stereocenters. The summed E-state index contributed by atoms with van der Waals surface area (Å²) < 4.78 is 1.96. The summed E-state index contributed by atoms with van der Waals surface area (Å²) in [5.41, 5.74) is 1.24. The minimum atomic E-state index is 0.280. The quantitative estimate of drug-likeness (QED) is 0.795. The number of nitrogens with zero attached hydrogens (tertiary/aromatic N) is 2. The monoisotopic (exact) mass is 265 g/mol. The SMILES string of the molecule is CCn1cc(CNC(CCO)C2CCCCC2)cn1. The minimum Gasteiger partial charge on any atom is -0.396 e. The Morgan fingerprint density at radius 2 is 2.21 bits per heavy atom. The number of aromatic nitrogens is 2. The van der Waals surface area contributed by atoms with Gasteiger partial charge in [-0.15, -0.1) is 0 Å². The number of aliphatic hydroxyl groups is 1. The molecule has 0 saturated heterocycles. The molecule has 1 fully saturated rings. The smallest absolute Gasteiger partial charge is 0.0534 e. The molecule has 4 nitrogen and oxygen atoms in total. The third kappa shape index (κ3) is 4.32. The predicted octanol–water partition coefficient (Wildman–Crippen LogP) is 2.32. The lowest BCUT2D eigenvalue weighted by atomic mass is 9.82. The van der Waals surface area contributed by atoms with Gasteiger partial charge in [0.15, 0.2) is 0 Å². The lowest BCUT2D eigenvalue weighted by Crippen LogP contribution is -2.37. The molecule has 1 atom stereocenters. The Kier molecular flexibility index (Phi) is 5.86. The summed E-state index contributed by atoms with van der Waals surface area (Å²) in [5.74, 6) is 0.738. The minimum absolute atomic E-state index is 0.280. The van der Waals surface area contributed by atoms with Crippen molar-refractivity contribution in [1.82, 2.24) is 15.1 Å². The van der Waals surface area contributed by atoms with Gasteiger partial charge >= 0.3 is 0 Å². The van der Waals surface area contributed by atoms with Crippen LogP contribution in [0.25, 0.3) is 0 Å². The van der Waals surface area contributed by atoms with Crippen LogP contribution in [0.3, 0.4) is 0 Å². The van der Waals surface area contributed by atoms with Crippen molar-refractivity contribution in [2.24, 2.45) is 5.92 Å². The molecule has 1 aromatic heterocycles. The van der Waals surface area contributed by atoms with Crippen LogP contribution >= 0.6 is 0 Å². The molecule has 0 bridgehead atoms. The number of aryl methyl sites for hydroxylation is 1. The molecule has 4 heteroatoms. The molecule has 19 heavy (non-hydrogen) atoms. The van der Waals surface area contributed by atoms with Gasteiger partial charge in [0.2, 0.25) is 0 Å². The van der Waals surface area contributed by atoms with E-state index < -0.39 is 0 Å². The van der Waals surface area contributed by atoms with Crippen LogP contribution in [0.1, 0.15) is 51.0 Å². The third-order valence-electron chi connectivity index (χ3n) is 4.24. The van der Waals surface area contributed by atoms with Gasteiger partial charge in [0.25, 0.3) is 0 Å². The Hall–Kier alpha value is -0.870. The van der Waals surface area contributed by atoms with Crippen molar-refractivity contribution >= 4 is 0 Å². The van der Waals surface area contributed by atoms with Gasteiger partial charge < -0.3 is 10.4 Å². The largest absolute Gasteiger partial charge is 0.396 e. The van der Waals surface area contributed by atoms with Gasteiger partial charge in [0.05, 0.1) is 6.20 Å². The highest BCUT2D eigenvalue weighted by molar-refractivity contribution is 5.03. The third-order valence-corrected chi connectivity index (χ3v) is 4.24. The summed E-state index contributed by atoms with van der Waals surface area (Å²) in [5, 5.41) is 17.2. The molecule has 1 aromatic rings. The van der Waals surface area contributed by atoms with Gasteiger partial charge in [-0.3, -0.25) is 4.68 Å². The Morgan fingerprint density at radius 3 is 2.84 bits per heavy atom. The average molecular weight is 265 g/mol. The van der Waals surface area contributed by atoms with Gasteiger partial charge in [0.1, 0.15) is 0 Å². The van der Waals surface area contributed by atoms with Crippen LogP contribution < -0.4 is 5.32 Å². The fourth-order valence-corrected chi connectivity index (χ4v) is 3.10. The fraction of sp³-hybridized carbons (Fsp3) is 0.800. The van der Waals surface area contributed by atoms with Crippen LogP contribution in [0.5, 0.6) is 0 Å². The van der Waals surface area contributed by atoms with Crippen molar-refractivity contribution in [3.63, 3.8) is 0 Å². The van der Waals surface area contributed by atoms with Crippen molar-refractivity contribution in [3.05, 3.63) is 18.0 Å². The molecule has 1 heterocycles. The van der Waals surface area contributed by atoms with E-state index in [2.05, 4.69) is 23.5 Å². The van der Waals surface area contributed by atoms with Crippen molar-refractivity contribution in [2.45, 2.75) is 64.6 Å². The lowest BCUT2D eigenvalue weighted by Gasteiger charge is -2.30. The molecule has 108 valence electrons. The second kappa shape index (κ2) is 7.65. The van der Waals surface area contributed by atoms with E-state index in [-0.39, 0.29) is 6.61 Å². The van der Waals surface area contributed by atoms with E-state index in [1.165, 1.54) is 37.7 Å². The Labute approximate surface area is 116 Å². The van der Waals surface area contributed by atoms with Gasteiger partial charge in [-0.25, -0.2) is 0 Å². The highest BCUT2D eigenvalue weighted by Gasteiger charge is 2.22. The standard InChI is InChI=1S/C15H27N3O/c1-2-18-12-13(11-17-18)10-16-15(8-9-19)14-6-4-3-5-7-14/h11-12,14-16,19H,2-10H2,1H3. The van der Waals surface area contributed by atoms with E-state index in [0.717, 1.165) is 25.4 Å². The van der Waals surface area contributed by atoms with E-state index in [4.69, 9.17) is 0 Å². The number of hydrogen-bond acceptors (Lipinski definition) is 3. The number of rotatable bonds is 7. The van der Waals surface area contributed by atoms with Gasteiger partial charge in [-0.1, -0.05) is 19.3 Å². The van der Waals surface area contributed by atoms with Crippen LogP contribution in [-0.2, 0) is 13.1 Å².